The number of aliphatic hydroxyl groups is 1. The molecule has 0 spiro atoms. The van der Waals surface area contributed by atoms with Crippen LogP contribution in [0.2, 0.25) is 0 Å². The van der Waals surface area contributed by atoms with Gasteiger partial charge in [-0.15, -0.1) is 0 Å². The molecular weight excluding hydrogens is 198 g/mol. The van der Waals surface area contributed by atoms with Crippen molar-refractivity contribution in [1.82, 2.24) is 0 Å². The molecule has 16 heavy (non-hydrogen) atoms. The van der Waals surface area contributed by atoms with Gasteiger partial charge in [0, 0.05) is 5.56 Å². The first-order valence-corrected chi connectivity index (χ1v) is 5.66. The molecule has 0 atom stereocenters. The van der Waals surface area contributed by atoms with E-state index in [4.69, 9.17) is 5.26 Å². The molecule has 1 rings (SSSR count). The van der Waals surface area contributed by atoms with E-state index in [1.165, 1.54) is 24.8 Å². The molecule has 0 bridgehead atoms. The van der Waals surface area contributed by atoms with E-state index in [1.54, 1.807) is 0 Å². The Labute approximate surface area is 96.8 Å². The Bertz CT molecular complexity index is 401. The first-order chi connectivity index (χ1) is 7.77. The van der Waals surface area contributed by atoms with Gasteiger partial charge in [-0.05, 0) is 24.5 Å². The number of hydrogen-bond donors (Lipinski definition) is 1. The Morgan fingerprint density at radius 1 is 1.44 bits per heavy atom. The fourth-order valence-electron chi connectivity index (χ4n) is 1.61. The summed E-state index contributed by atoms with van der Waals surface area (Å²) >= 11 is 0. The van der Waals surface area contributed by atoms with Crippen molar-refractivity contribution in [2.45, 2.75) is 32.6 Å². The molecule has 84 valence electrons. The summed E-state index contributed by atoms with van der Waals surface area (Å²) in [6.45, 7) is 2.18. The third-order valence-corrected chi connectivity index (χ3v) is 2.49. The molecule has 0 fully saturated rings. The summed E-state index contributed by atoms with van der Waals surface area (Å²) in [5.74, 6) is 0.0415. The third-order valence-electron chi connectivity index (χ3n) is 2.49. The second-order valence-electron chi connectivity index (χ2n) is 3.82. The molecule has 0 aliphatic heterocycles. The maximum Gasteiger partial charge on any atom is 0.133 e. The molecule has 0 radical (unpaired) electrons. The zero-order valence-electron chi connectivity index (χ0n) is 9.61. The van der Waals surface area contributed by atoms with Crippen molar-refractivity contribution in [3.8, 4) is 6.07 Å². The number of aryl methyl sites for hydroxylation is 1. The fraction of sp³-hybridized carbons (Fsp3) is 0.357. The highest BCUT2D eigenvalue weighted by molar-refractivity contribution is 5.61. The summed E-state index contributed by atoms with van der Waals surface area (Å²) < 4.78 is 0. The number of aliphatic hydroxyl groups excluding tert-OH is 1. The third kappa shape index (κ3) is 3.78. The Hall–Kier alpha value is -1.75. The van der Waals surface area contributed by atoms with Crippen molar-refractivity contribution in [3.05, 3.63) is 41.5 Å². The molecule has 0 aliphatic carbocycles. The van der Waals surface area contributed by atoms with E-state index in [0.29, 0.717) is 0 Å². The van der Waals surface area contributed by atoms with Crippen LogP contribution < -0.4 is 0 Å². The minimum absolute atomic E-state index is 0.0415. The molecule has 0 amide bonds. The largest absolute Gasteiger partial charge is 0.507 e. The topological polar surface area (TPSA) is 44.0 Å². The lowest BCUT2D eigenvalue weighted by Gasteiger charge is -2.03. The first-order valence-electron chi connectivity index (χ1n) is 5.66. The van der Waals surface area contributed by atoms with Gasteiger partial charge in [-0.3, -0.25) is 0 Å². The van der Waals surface area contributed by atoms with Crippen LogP contribution in [0.5, 0.6) is 0 Å². The number of unbranched alkanes of at least 4 members (excludes halogenated alkanes) is 2. The Morgan fingerprint density at radius 3 is 2.94 bits per heavy atom. The van der Waals surface area contributed by atoms with Gasteiger partial charge in [-0.1, -0.05) is 38.0 Å². The zero-order valence-corrected chi connectivity index (χ0v) is 9.61. The molecule has 0 saturated carbocycles. The van der Waals surface area contributed by atoms with E-state index in [1.807, 2.05) is 24.3 Å². The summed E-state index contributed by atoms with van der Waals surface area (Å²) in [7, 11) is 0. The molecule has 2 heteroatoms. The molecule has 0 aromatic heterocycles. The van der Waals surface area contributed by atoms with E-state index in [2.05, 4.69) is 13.0 Å². The van der Waals surface area contributed by atoms with E-state index < -0.39 is 0 Å². The average Bonchev–Trinajstić information content (AvgIpc) is 2.30. The van der Waals surface area contributed by atoms with Crippen LogP contribution >= 0.6 is 0 Å². The summed E-state index contributed by atoms with van der Waals surface area (Å²) in [6, 6.07) is 9.55. The van der Waals surface area contributed by atoms with Crippen LogP contribution in [0.25, 0.3) is 5.76 Å². The van der Waals surface area contributed by atoms with Gasteiger partial charge in [-0.2, -0.15) is 5.26 Å². The van der Waals surface area contributed by atoms with Crippen LogP contribution in [0.3, 0.4) is 0 Å². The predicted octanol–water partition coefficient (Wildman–Crippen LogP) is 3.84. The van der Waals surface area contributed by atoms with Crippen LogP contribution in [0, 0.1) is 11.3 Å². The minimum atomic E-state index is 0.0415. The molecule has 2 nitrogen and oxygen atoms in total. The standard InChI is InChI=1S/C14H17NO/c1-2-3-4-6-12-7-5-8-13(11-12)14(16)9-10-15/h5,7-9,11,16H,2-4,6H2,1H3/b14-9+. The van der Waals surface area contributed by atoms with Gasteiger partial charge in [0.2, 0.25) is 0 Å². The Balaban J connectivity index is 2.72. The van der Waals surface area contributed by atoms with Crippen LogP contribution in [0.4, 0.5) is 0 Å². The zero-order chi connectivity index (χ0) is 11.8. The van der Waals surface area contributed by atoms with Crippen molar-refractivity contribution < 1.29 is 5.11 Å². The van der Waals surface area contributed by atoms with Gasteiger partial charge in [0.25, 0.3) is 0 Å². The molecule has 1 aromatic carbocycles. The normalized spacial score (nSPS) is 11.1. The number of hydrogen-bond acceptors (Lipinski definition) is 2. The lowest BCUT2D eigenvalue weighted by atomic mass is 10.0. The number of nitrogens with zero attached hydrogens (tertiary/aromatic N) is 1. The van der Waals surface area contributed by atoms with Crippen LogP contribution in [0.1, 0.15) is 37.3 Å². The lowest BCUT2D eigenvalue weighted by Crippen LogP contribution is -1.89. The van der Waals surface area contributed by atoms with Gasteiger partial charge in [0.05, 0.1) is 12.1 Å². The monoisotopic (exact) mass is 215 g/mol. The average molecular weight is 215 g/mol. The van der Waals surface area contributed by atoms with E-state index >= 15 is 0 Å². The molecule has 1 N–H and O–H groups in total. The first kappa shape index (κ1) is 12.3. The quantitative estimate of drug-likeness (QED) is 0.460. The highest BCUT2D eigenvalue weighted by Gasteiger charge is 2.00. The lowest BCUT2D eigenvalue weighted by molar-refractivity contribution is 0.512. The van der Waals surface area contributed by atoms with Crippen molar-refractivity contribution in [1.29, 1.82) is 5.26 Å². The van der Waals surface area contributed by atoms with Crippen molar-refractivity contribution in [2.75, 3.05) is 0 Å². The second-order valence-corrected chi connectivity index (χ2v) is 3.82. The molecular formula is C14H17NO. The number of rotatable bonds is 5. The molecule has 0 saturated heterocycles. The van der Waals surface area contributed by atoms with Crippen molar-refractivity contribution in [2.24, 2.45) is 0 Å². The highest BCUT2D eigenvalue weighted by Crippen LogP contribution is 2.15. The molecule has 0 aliphatic rings. The number of benzene rings is 1. The van der Waals surface area contributed by atoms with Gasteiger partial charge in [-0.25, -0.2) is 0 Å². The Kier molecular flexibility index (Phi) is 5.15. The van der Waals surface area contributed by atoms with Crippen molar-refractivity contribution in [3.63, 3.8) is 0 Å². The van der Waals surface area contributed by atoms with Crippen LogP contribution in [-0.2, 0) is 6.42 Å². The van der Waals surface area contributed by atoms with Crippen LogP contribution in [0.15, 0.2) is 30.3 Å². The van der Waals surface area contributed by atoms with Crippen LogP contribution in [-0.4, -0.2) is 5.11 Å². The molecule has 0 unspecified atom stereocenters. The van der Waals surface area contributed by atoms with E-state index in [-0.39, 0.29) is 5.76 Å². The summed E-state index contributed by atoms with van der Waals surface area (Å²) in [5.41, 5.74) is 1.93. The fourth-order valence-corrected chi connectivity index (χ4v) is 1.61. The molecule has 0 heterocycles. The van der Waals surface area contributed by atoms with E-state index in [0.717, 1.165) is 18.1 Å². The summed E-state index contributed by atoms with van der Waals surface area (Å²) in [5, 5.41) is 18.0. The number of nitriles is 1. The van der Waals surface area contributed by atoms with Gasteiger partial charge in [0.1, 0.15) is 5.76 Å². The number of allylic oxidation sites excluding steroid dienone is 1. The van der Waals surface area contributed by atoms with E-state index in [9.17, 15) is 5.11 Å². The molecule has 1 aromatic rings. The second kappa shape index (κ2) is 6.68. The summed E-state index contributed by atoms with van der Waals surface area (Å²) in [6.07, 6.45) is 5.79. The maximum atomic E-state index is 9.56. The Morgan fingerprint density at radius 2 is 2.25 bits per heavy atom. The highest BCUT2D eigenvalue weighted by atomic mass is 16.3. The van der Waals surface area contributed by atoms with Crippen molar-refractivity contribution >= 4 is 5.76 Å². The predicted molar refractivity (Wildman–Crippen MR) is 65.9 cm³/mol. The maximum absolute atomic E-state index is 9.56. The van der Waals surface area contributed by atoms with Gasteiger partial charge >= 0.3 is 0 Å². The SMILES string of the molecule is CCCCCc1cccc(/C(O)=C\C#N)c1. The van der Waals surface area contributed by atoms with Gasteiger partial charge in [0.15, 0.2) is 0 Å². The van der Waals surface area contributed by atoms with Gasteiger partial charge < -0.3 is 5.11 Å². The smallest absolute Gasteiger partial charge is 0.133 e. The minimum Gasteiger partial charge on any atom is -0.507 e. The summed E-state index contributed by atoms with van der Waals surface area (Å²) in [4.78, 5) is 0.